The van der Waals surface area contributed by atoms with Gasteiger partial charge < -0.3 is 0 Å². The number of aromatic nitrogens is 3. The Labute approximate surface area is 166 Å². The second-order valence-corrected chi connectivity index (χ2v) is 7.99. The van der Waals surface area contributed by atoms with Crippen LogP contribution in [0.3, 0.4) is 0 Å². The lowest BCUT2D eigenvalue weighted by molar-refractivity contribution is 0.965. The molecule has 27 heavy (non-hydrogen) atoms. The van der Waals surface area contributed by atoms with Crippen LogP contribution in [0.1, 0.15) is 0 Å². The van der Waals surface area contributed by atoms with E-state index in [4.69, 9.17) is 9.97 Å². The summed E-state index contributed by atoms with van der Waals surface area (Å²) in [6, 6.07) is 23.1. The van der Waals surface area contributed by atoms with Crippen LogP contribution >= 0.6 is 27.3 Å². The van der Waals surface area contributed by atoms with Crippen molar-refractivity contribution in [3.63, 3.8) is 0 Å². The quantitative estimate of drug-likeness (QED) is 0.373. The number of halogens is 1. The van der Waals surface area contributed by atoms with Crippen molar-refractivity contribution in [3.8, 4) is 16.5 Å². The van der Waals surface area contributed by atoms with E-state index >= 15 is 0 Å². The van der Waals surface area contributed by atoms with Crippen LogP contribution in [-0.2, 0) is 0 Å². The minimum Gasteiger partial charge on any atom is -0.268 e. The Kier molecular flexibility index (Phi) is 3.88. The van der Waals surface area contributed by atoms with Crippen molar-refractivity contribution in [3.05, 3.63) is 87.6 Å². The van der Waals surface area contributed by atoms with E-state index in [0.717, 1.165) is 20.3 Å². The summed E-state index contributed by atoms with van der Waals surface area (Å²) in [4.78, 5) is 22.8. The summed E-state index contributed by atoms with van der Waals surface area (Å²) in [7, 11) is 0. The van der Waals surface area contributed by atoms with Gasteiger partial charge in [0.25, 0.3) is 5.56 Å². The van der Waals surface area contributed by atoms with Crippen molar-refractivity contribution in [2.75, 3.05) is 0 Å². The average molecular weight is 434 g/mol. The fraction of sp³-hybridized carbons (Fsp3) is 0. The van der Waals surface area contributed by atoms with Crippen LogP contribution in [0.25, 0.3) is 37.6 Å². The molecule has 0 spiro atoms. The third kappa shape index (κ3) is 2.78. The van der Waals surface area contributed by atoms with Crippen molar-refractivity contribution in [2.45, 2.75) is 0 Å². The van der Waals surface area contributed by atoms with Crippen LogP contribution in [0.5, 0.6) is 0 Å². The molecule has 5 aromatic rings. The van der Waals surface area contributed by atoms with Crippen molar-refractivity contribution >= 4 is 48.4 Å². The lowest BCUT2D eigenvalue weighted by Gasteiger charge is -2.11. The zero-order valence-corrected chi connectivity index (χ0v) is 16.4. The summed E-state index contributed by atoms with van der Waals surface area (Å²) < 4.78 is 3.62. The molecular formula is C21H12BrN3OS. The maximum absolute atomic E-state index is 13.3. The topological polar surface area (TPSA) is 47.8 Å². The summed E-state index contributed by atoms with van der Waals surface area (Å²) in [6.07, 6.45) is 0. The molecule has 0 saturated heterocycles. The Bertz CT molecular complexity index is 1360. The predicted molar refractivity (Wildman–Crippen MR) is 114 cm³/mol. The highest BCUT2D eigenvalue weighted by molar-refractivity contribution is 9.10. The van der Waals surface area contributed by atoms with Gasteiger partial charge in [0.2, 0.25) is 0 Å². The number of hydrogen-bond donors (Lipinski definition) is 0. The normalized spacial score (nSPS) is 11.3. The number of rotatable bonds is 2. The molecule has 0 atom stereocenters. The van der Waals surface area contributed by atoms with Crippen molar-refractivity contribution < 1.29 is 0 Å². The highest BCUT2D eigenvalue weighted by Gasteiger charge is 2.17. The third-order valence-corrected chi connectivity index (χ3v) is 5.83. The van der Waals surface area contributed by atoms with Gasteiger partial charge in [-0.15, -0.1) is 0 Å². The molecule has 130 valence electrons. The zero-order chi connectivity index (χ0) is 18.4. The average Bonchev–Trinajstić information content (AvgIpc) is 3.11. The van der Waals surface area contributed by atoms with Crippen LogP contribution < -0.4 is 5.56 Å². The third-order valence-electron chi connectivity index (χ3n) is 4.34. The number of thiazole rings is 1. The van der Waals surface area contributed by atoms with E-state index in [0.29, 0.717) is 21.9 Å². The second-order valence-electron chi connectivity index (χ2n) is 6.07. The molecule has 0 aliphatic carbocycles. The minimum atomic E-state index is -0.113. The lowest BCUT2D eigenvalue weighted by atomic mass is 10.2. The Balaban J connectivity index is 1.88. The first-order chi connectivity index (χ1) is 13.2. The van der Waals surface area contributed by atoms with E-state index in [1.54, 1.807) is 10.6 Å². The predicted octanol–water partition coefficient (Wildman–Crippen LogP) is 5.42. The molecule has 2 aromatic heterocycles. The largest absolute Gasteiger partial charge is 0.268 e. The fourth-order valence-electron chi connectivity index (χ4n) is 3.07. The zero-order valence-electron chi connectivity index (χ0n) is 14.0. The van der Waals surface area contributed by atoms with Crippen LogP contribution in [-0.4, -0.2) is 14.5 Å². The molecule has 0 N–H and O–H groups in total. The maximum Gasteiger partial charge on any atom is 0.268 e. The van der Waals surface area contributed by atoms with E-state index in [-0.39, 0.29) is 5.56 Å². The highest BCUT2D eigenvalue weighted by Crippen LogP contribution is 2.30. The molecule has 3 aromatic carbocycles. The lowest BCUT2D eigenvalue weighted by Crippen LogP contribution is -2.21. The Morgan fingerprint density at radius 3 is 2.48 bits per heavy atom. The van der Waals surface area contributed by atoms with Gasteiger partial charge in [-0.3, -0.25) is 4.79 Å². The first kappa shape index (κ1) is 16.4. The fourth-order valence-corrected chi connectivity index (χ4v) is 4.59. The van der Waals surface area contributed by atoms with Gasteiger partial charge in [-0.2, -0.15) is 0 Å². The summed E-state index contributed by atoms with van der Waals surface area (Å²) in [6.45, 7) is 0. The van der Waals surface area contributed by atoms with E-state index in [9.17, 15) is 4.79 Å². The molecule has 0 aliphatic heterocycles. The smallest absolute Gasteiger partial charge is 0.268 e. The summed E-state index contributed by atoms with van der Waals surface area (Å²) in [5.41, 5.74) is 2.30. The number of fused-ring (bicyclic) bond motifs is 2. The molecule has 2 heterocycles. The molecule has 0 fully saturated rings. The molecule has 0 amide bonds. The summed E-state index contributed by atoms with van der Waals surface area (Å²) >= 11 is 4.97. The number of hydrogen-bond acceptors (Lipinski definition) is 4. The number of para-hydroxylation sites is 1. The van der Waals surface area contributed by atoms with Gasteiger partial charge in [-0.1, -0.05) is 69.7 Å². The van der Waals surface area contributed by atoms with E-state index < -0.39 is 0 Å². The van der Waals surface area contributed by atoms with E-state index in [1.165, 1.54) is 11.3 Å². The molecule has 0 aliphatic rings. The molecular weight excluding hydrogens is 422 g/mol. The van der Waals surface area contributed by atoms with Crippen LogP contribution in [0.2, 0.25) is 0 Å². The molecule has 5 rings (SSSR count). The van der Waals surface area contributed by atoms with Gasteiger partial charge in [-0.25, -0.2) is 14.5 Å². The molecule has 0 unspecified atom stereocenters. The van der Waals surface area contributed by atoms with Crippen molar-refractivity contribution in [1.82, 2.24) is 14.5 Å². The standard InChI is InChI=1S/C21H12BrN3OS/c22-14-10-11-17-18(12-14)27-21(24-17)25-19(13-6-2-1-3-7-13)23-16-9-5-4-8-15(16)20(25)26/h1-12H. The van der Waals surface area contributed by atoms with Crippen LogP contribution in [0.15, 0.2) is 82.1 Å². The first-order valence-corrected chi connectivity index (χ1v) is 9.95. The molecule has 4 nitrogen and oxygen atoms in total. The van der Waals surface area contributed by atoms with Crippen molar-refractivity contribution in [1.29, 1.82) is 0 Å². The van der Waals surface area contributed by atoms with E-state index in [2.05, 4.69) is 15.9 Å². The highest BCUT2D eigenvalue weighted by atomic mass is 79.9. The van der Waals surface area contributed by atoms with Gasteiger partial charge in [0.15, 0.2) is 5.13 Å². The first-order valence-electron chi connectivity index (χ1n) is 8.34. The van der Waals surface area contributed by atoms with Gasteiger partial charge in [0.1, 0.15) is 5.82 Å². The monoisotopic (exact) mass is 433 g/mol. The van der Waals surface area contributed by atoms with E-state index in [1.807, 2.05) is 66.7 Å². The molecule has 0 radical (unpaired) electrons. The maximum atomic E-state index is 13.3. The molecule has 0 saturated carbocycles. The Morgan fingerprint density at radius 1 is 0.852 bits per heavy atom. The molecule has 0 bridgehead atoms. The van der Waals surface area contributed by atoms with Gasteiger partial charge in [-0.05, 0) is 30.3 Å². The van der Waals surface area contributed by atoms with Gasteiger partial charge in [0.05, 0.1) is 21.1 Å². The van der Waals surface area contributed by atoms with Crippen LogP contribution in [0.4, 0.5) is 0 Å². The van der Waals surface area contributed by atoms with Gasteiger partial charge >= 0.3 is 0 Å². The number of benzene rings is 3. The number of nitrogens with zero attached hydrogens (tertiary/aromatic N) is 3. The second kappa shape index (κ2) is 6.40. The Morgan fingerprint density at radius 2 is 1.63 bits per heavy atom. The molecule has 6 heteroatoms. The van der Waals surface area contributed by atoms with Crippen molar-refractivity contribution in [2.24, 2.45) is 0 Å². The summed E-state index contributed by atoms with van der Waals surface area (Å²) in [5, 5.41) is 1.20. The van der Waals surface area contributed by atoms with Crippen LogP contribution in [0, 0.1) is 0 Å². The Hall–Kier alpha value is -2.83. The van der Waals surface area contributed by atoms with Gasteiger partial charge in [0, 0.05) is 10.0 Å². The summed E-state index contributed by atoms with van der Waals surface area (Å²) in [5.74, 6) is 0.595. The minimum absolute atomic E-state index is 0.113. The SMILES string of the molecule is O=c1c2ccccc2nc(-c2ccccc2)n1-c1nc2ccc(Br)cc2s1.